The van der Waals surface area contributed by atoms with Crippen molar-refractivity contribution >= 4 is 0 Å². The minimum atomic E-state index is -0.532. The van der Waals surface area contributed by atoms with Crippen molar-refractivity contribution in [2.75, 3.05) is 20.2 Å². The molecule has 0 aliphatic heterocycles. The van der Waals surface area contributed by atoms with E-state index in [1.54, 1.807) is 0 Å². The Morgan fingerprint density at radius 2 is 2.14 bits per heavy atom. The maximum atomic E-state index is 13.0. The van der Waals surface area contributed by atoms with Gasteiger partial charge in [0.15, 0.2) is 11.6 Å². The highest BCUT2D eigenvalue weighted by Gasteiger charge is 2.03. The lowest BCUT2D eigenvalue weighted by molar-refractivity contribution is 0.293. The standard InChI is InChI=1S/C10H13F2NO/c1-13-5-2-6-14-10-7-8(11)3-4-9(10)12/h3-4,7,13H,2,5-6H2,1H3. The fourth-order valence-corrected chi connectivity index (χ4v) is 1.02. The van der Waals surface area contributed by atoms with Crippen LogP contribution in [0.4, 0.5) is 8.78 Å². The molecule has 1 N–H and O–H groups in total. The monoisotopic (exact) mass is 201 g/mol. The number of benzene rings is 1. The highest BCUT2D eigenvalue weighted by atomic mass is 19.1. The molecule has 0 aliphatic rings. The minimum absolute atomic E-state index is 0.0268. The molecule has 0 saturated heterocycles. The third-order valence-corrected chi connectivity index (χ3v) is 1.72. The normalized spacial score (nSPS) is 10.2. The van der Waals surface area contributed by atoms with Gasteiger partial charge in [-0.3, -0.25) is 0 Å². The van der Waals surface area contributed by atoms with Crippen molar-refractivity contribution in [2.45, 2.75) is 6.42 Å². The van der Waals surface area contributed by atoms with Crippen LogP contribution < -0.4 is 10.1 Å². The summed E-state index contributed by atoms with van der Waals surface area (Å²) in [4.78, 5) is 0. The molecule has 1 aromatic carbocycles. The largest absolute Gasteiger partial charge is 0.490 e. The van der Waals surface area contributed by atoms with Gasteiger partial charge in [0.2, 0.25) is 0 Å². The van der Waals surface area contributed by atoms with Gasteiger partial charge in [-0.05, 0) is 32.1 Å². The smallest absolute Gasteiger partial charge is 0.165 e. The molecule has 0 unspecified atom stereocenters. The van der Waals surface area contributed by atoms with Crippen LogP contribution in [0.15, 0.2) is 18.2 Å². The Morgan fingerprint density at radius 1 is 1.36 bits per heavy atom. The first kappa shape index (κ1) is 10.9. The quantitative estimate of drug-likeness (QED) is 0.735. The van der Waals surface area contributed by atoms with Crippen molar-refractivity contribution in [3.05, 3.63) is 29.8 Å². The first-order valence-electron chi connectivity index (χ1n) is 4.46. The molecule has 2 nitrogen and oxygen atoms in total. The van der Waals surface area contributed by atoms with Crippen LogP contribution in [-0.2, 0) is 0 Å². The Hall–Kier alpha value is -1.16. The molecule has 0 aliphatic carbocycles. The van der Waals surface area contributed by atoms with Gasteiger partial charge in [0, 0.05) is 6.07 Å². The van der Waals surface area contributed by atoms with Gasteiger partial charge >= 0.3 is 0 Å². The molecule has 0 spiro atoms. The summed E-state index contributed by atoms with van der Waals surface area (Å²) in [6.45, 7) is 1.16. The second-order valence-electron chi connectivity index (χ2n) is 2.88. The minimum Gasteiger partial charge on any atom is -0.490 e. The summed E-state index contributed by atoms with van der Waals surface area (Å²) >= 11 is 0. The van der Waals surface area contributed by atoms with Crippen molar-refractivity contribution < 1.29 is 13.5 Å². The molecular formula is C10H13F2NO. The Bertz CT molecular complexity index is 291. The van der Waals surface area contributed by atoms with Crippen molar-refractivity contribution in [2.24, 2.45) is 0 Å². The van der Waals surface area contributed by atoms with Crippen LogP contribution in [0, 0.1) is 11.6 Å². The van der Waals surface area contributed by atoms with E-state index >= 15 is 0 Å². The van der Waals surface area contributed by atoms with Crippen LogP contribution in [0.2, 0.25) is 0 Å². The zero-order valence-corrected chi connectivity index (χ0v) is 8.02. The lowest BCUT2D eigenvalue weighted by atomic mass is 10.3. The third-order valence-electron chi connectivity index (χ3n) is 1.72. The van der Waals surface area contributed by atoms with Crippen LogP contribution in [0.5, 0.6) is 5.75 Å². The van der Waals surface area contributed by atoms with Crippen molar-refractivity contribution in [3.63, 3.8) is 0 Å². The second kappa shape index (κ2) is 5.54. The molecule has 1 rings (SSSR count). The Labute approximate surface area is 81.9 Å². The van der Waals surface area contributed by atoms with E-state index in [1.165, 1.54) is 0 Å². The SMILES string of the molecule is CNCCCOc1cc(F)ccc1F. The van der Waals surface area contributed by atoms with Crippen LogP contribution in [-0.4, -0.2) is 20.2 Å². The predicted molar refractivity (Wildman–Crippen MR) is 50.4 cm³/mol. The van der Waals surface area contributed by atoms with Crippen LogP contribution in [0.25, 0.3) is 0 Å². The van der Waals surface area contributed by atoms with Gasteiger partial charge in [-0.15, -0.1) is 0 Å². The van der Waals surface area contributed by atoms with Crippen LogP contribution in [0.1, 0.15) is 6.42 Å². The summed E-state index contributed by atoms with van der Waals surface area (Å²) in [6.07, 6.45) is 0.756. The van der Waals surface area contributed by atoms with E-state index in [2.05, 4.69) is 5.32 Å². The maximum Gasteiger partial charge on any atom is 0.165 e. The molecule has 0 saturated carbocycles. The molecule has 1 aromatic rings. The zero-order valence-electron chi connectivity index (χ0n) is 8.02. The number of hydrogen-bond acceptors (Lipinski definition) is 2. The van der Waals surface area contributed by atoms with Crippen LogP contribution in [0.3, 0.4) is 0 Å². The zero-order chi connectivity index (χ0) is 10.4. The Morgan fingerprint density at radius 3 is 2.86 bits per heavy atom. The van der Waals surface area contributed by atoms with E-state index in [0.29, 0.717) is 6.61 Å². The first-order valence-corrected chi connectivity index (χ1v) is 4.46. The van der Waals surface area contributed by atoms with Gasteiger partial charge in [-0.1, -0.05) is 0 Å². The van der Waals surface area contributed by atoms with Gasteiger partial charge < -0.3 is 10.1 Å². The molecule has 0 aromatic heterocycles. The summed E-state index contributed by atoms with van der Waals surface area (Å²) in [7, 11) is 1.82. The number of nitrogens with one attached hydrogen (secondary N) is 1. The topological polar surface area (TPSA) is 21.3 Å². The van der Waals surface area contributed by atoms with Gasteiger partial charge in [-0.2, -0.15) is 0 Å². The van der Waals surface area contributed by atoms with Gasteiger partial charge in [0.1, 0.15) is 5.82 Å². The molecule has 78 valence electrons. The molecular weight excluding hydrogens is 188 g/mol. The molecule has 4 heteroatoms. The second-order valence-corrected chi connectivity index (χ2v) is 2.88. The lowest BCUT2D eigenvalue weighted by Gasteiger charge is -2.06. The van der Waals surface area contributed by atoms with E-state index in [1.807, 2.05) is 7.05 Å². The summed E-state index contributed by atoms with van der Waals surface area (Å²) in [6, 6.07) is 3.17. The lowest BCUT2D eigenvalue weighted by Crippen LogP contribution is -2.11. The maximum absolute atomic E-state index is 13.0. The highest BCUT2D eigenvalue weighted by Crippen LogP contribution is 2.17. The number of hydrogen-bond donors (Lipinski definition) is 1. The third kappa shape index (κ3) is 3.30. The van der Waals surface area contributed by atoms with E-state index in [4.69, 9.17) is 4.74 Å². The fraction of sp³-hybridized carbons (Fsp3) is 0.400. The van der Waals surface area contributed by atoms with Crippen LogP contribution >= 0.6 is 0 Å². The molecule has 0 radical (unpaired) electrons. The van der Waals surface area contributed by atoms with Crippen molar-refractivity contribution in [1.29, 1.82) is 0 Å². The molecule has 0 atom stereocenters. The first-order chi connectivity index (χ1) is 6.74. The molecule has 0 fully saturated rings. The molecule has 14 heavy (non-hydrogen) atoms. The molecule has 0 amide bonds. The average Bonchev–Trinajstić information content (AvgIpc) is 2.18. The fourth-order valence-electron chi connectivity index (χ4n) is 1.02. The molecule has 0 heterocycles. The van der Waals surface area contributed by atoms with E-state index in [9.17, 15) is 8.78 Å². The van der Waals surface area contributed by atoms with E-state index in [0.717, 1.165) is 31.2 Å². The van der Waals surface area contributed by atoms with Gasteiger partial charge in [0.05, 0.1) is 6.61 Å². The summed E-state index contributed by atoms with van der Waals surface area (Å²) < 4.78 is 30.7. The Kier molecular flexibility index (Phi) is 4.32. The summed E-state index contributed by atoms with van der Waals surface area (Å²) in [5.74, 6) is -1.05. The van der Waals surface area contributed by atoms with Gasteiger partial charge in [0.25, 0.3) is 0 Å². The van der Waals surface area contributed by atoms with Crippen molar-refractivity contribution in [1.82, 2.24) is 5.32 Å². The number of rotatable bonds is 5. The molecule has 0 bridgehead atoms. The van der Waals surface area contributed by atoms with Crippen molar-refractivity contribution in [3.8, 4) is 5.75 Å². The summed E-state index contributed by atoms with van der Waals surface area (Å²) in [5, 5.41) is 2.93. The Balaban J connectivity index is 2.45. The van der Waals surface area contributed by atoms with E-state index in [-0.39, 0.29) is 5.75 Å². The highest BCUT2D eigenvalue weighted by molar-refractivity contribution is 5.24. The van der Waals surface area contributed by atoms with Gasteiger partial charge in [-0.25, -0.2) is 8.78 Å². The number of halogens is 2. The summed E-state index contributed by atoms with van der Waals surface area (Å²) in [5.41, 5.74) is 0. The number of ether oxygens (including phenoxy) is 1. The average molecular weight is 201 g/mol. The predicted octanol–water partition coefficient (Wildman–Crippen LogP) is 1.95. The van der Waals surface area contributed by atoms with E-state index < -0.39 is 11.6 Å².